The second-order valence-electron chi connectivity index (χ2n) is 6.77. The third kappa shape index (κ3) is 3.87. The first-order valence-corrected chi connectivity index (χ1v) is 10.3. The highest BCUT2D eigenvalue weighted by molar-refractivity contribution is 7.99. The van der Waals surface area contributed by atoms with E-state index in [-0.39, 0.29) is 11.8 Å². The molecule has 1 saturated heterocycles. The van der Waals surface area contributed by atoms with Gasteiger partial charge in [0.25, 0.3) is 0 Å². The van der Waals surface area contributed by atoms with Gasteiger partial charge in [-0.25, -0.2) is 0 Å². The van der Waals surface area contributed by atoms with Crippen molar-refractivity contribution in [3.63, 3.8) is 0 Å². The highest BCUT2D eigenvalue weighted by Crippen LogP contribution is 2.32. The van der Waals surface area contributed by atoms with E-state index >= 15 is 0 Å². The number of para-hydroxylation sites is 1. The van der Waals surface area contributed by atoms with Crippen molar-refractivity contribution in [1.82, 2.24) is 19.7 Å². The van der Waals surface area contributed by atoms with Crippen LogP contribution in [-0.2, 0) is 11.3 Å². The van der Waals surface area contributed by atoms with Crippen LogP contribution in [0.25, 0.3) is 5.69 Å². The van der Waals surface area contributed by atoms with Crippen LogP contribution in [0, 0.1) is 0 Å². The molecule has 1 atom stereocenters. The molecule has 0 saturated carbocycles. The number of nitrogens with zero attached hydrogens (tertiary/aromatic N) is 4. The molecule has 1 unspecified atom stereocenters. The first-order chi connectivity index (χ1) is 13.8. The maximum Gasteiger partial charge on any atom is 0.223 e. The second kappa shape index (κ2) is 8.44. The molecule has 1 aromatic heterocycles. The normalized spacial score (nSPS) is 16.5. The summed E-state index contributed by atoms with van der Waals surface area (Å²) in [5.41, 5.74) is 2.16. The van der Waals surface area contributed by atoms with Crippen LogP contribution in [-0.4, -0.2) is 37.9 Å². The Labute approximate surface area is 169 Å². The van der Waals surface area contributed by atoms with Crippen LogP contribution >= 0.6 is 11.8 Å². The SMILES string of the molecule is C=CCSc1nnc(C2CC(=O)N(Cc3ccccc3)C2)n1-c1ccccc1. The number of thioether (sulfide) groups is 1. The second-order valence-corrected chi connectivity index (χ2v) is 7.76. The molecule has 142 valence electrons. The Morgan fingerprint density at radius 3 is 2.50 bits per heavy atom. The third-order valence-corrected chi connectivity index (χ3v) is 5.72. The molecule has 1 amide bonds. The van der Waals surface area contributed by atoms with E-state index in [1.165, 1.54) is 0 Å². The molecule has 0 N–H and O–H groups in total. The molecule has 3 aromatic rings. The highest BCUT2D eigenvalue weighted by Gasteiger charge is 2.34. The number of hydrogen-bond acceptors (Lipinski definition) is 4. The van der Waals surface area contributed by atoms with Crippen molar-refractivity contribution in [3.05, 3.63) is 84.7 Å². The predicted octanol–water partition coefficient (Wildman–Crippen LogP) is 4.06. The molecule has 2 heterocycles. The van der Waals surface area contributed by atoms with Gasteiger partial charge in [-0.2, -0.15) is 0 Å². The monoisotopic (exact) mass is 390 g/mol. The zero-order chi connectivity index (χ0) is 19.3. The van der Waals surface area contributed by atoms with Gasteiger partial charge in [-0.1, -0.05) is 66.4 Å². The molecule has 6 heteroatoms. The minimum atomic E-state index is 0.0296. The fraction of sp³-hybridized carbons (Fsp3) is 0.227. The van der Waals surface area contributed by atoms with Crippen molar-refractivity contribution in [1.29, 1.82) is 0 Å². The maximum absolute atomic E-state index is 12.6. The van der Waals surface area contributed by atoms with Gasteiger partial charge >= 0.3 is 0 Å². The number of hydrogen-bond donors (Lipinski definition) is 0. The zero-order valence-corrected chi connectivity index (χ0v) is 16.4. The number of likely N-dealkylation sites (tertiary alicyclic amines) is 1. The number of carbonyl (C=O) groups is 1. The van der Waals surface area contributed by atoms with Gasteiger partial charge in [0, 0.05) is 36.9 Å². The third-order valence-electron chi connectivity index (χ3n) is 4.80. The predicted molar refractivity (Wildman–Crippen MR) is 111 cm³/mol. The fourth-order valence-corrected chi connectivity index (χ4v) is 4.19. The van der Waals surface area contributed by atoms with E-state index in [1.54, 1.807) is 11.8 Å². The number of carbonyl (C=O) groups excluding carboxylic acids is 1. The van der Waals surface area contributed by atoms with E-state index in [4.69, 9.17) is 0 Å². The summed E-state index contributed by atoms with van der Waals surface area (Å²) in [5, 5.41) is 9.72. The lowest BCUT2D eigenvalue weighted by Gasteiger charge is -2.17. The molecule has 0 bridgehead atoms. The summed E-state index contributed by atoms with van der Waals surface area (Å²) in [4.78, 5) is 14.6. The highest BCUT2D eigenvalue weighted by atomic mass is 32.2. The van der Waals surface area contributed by atoms with Crippen molar-refractivity contribution in [2.75, 3.05) is 12.3 Å². The van der Waals surface area contributed by atoms with Crippen LogP contribution in [0.1, 0.15) is 23.7 Å². The molecule has 0 spiro atoms. The molecule has 28 heavy (non-hydrogen) atoms. The van der Waals surface area contributed by atoms with Crippen molar-refractivity contribution in [2.45, 2.75) is 24.0 Å². The Morgan fingerprint density at radius 1 is 1.07 bits per heavy atom. The lowest BCUT2D eigenvalue weighted by atomic mass is 10.1. The minimum Gasteiger partial charge on any atom is -0.338 e. The van der Waals surface area contributed by atoms with Gasteiger partial charge in [-0.05, 0) is 17.7 Å². The average molecular weight is 391 g/mol. The van der Waals surface area contributed by atoms with E-state index in [0.717, 1.165) is 28.0 Å². The summed E-state index contributed by atoms with van der Waals surface area (Å²) in [5.74, 6) is 1.80. The van der Waals surface area contributed by atoms with Crippen LogP contribution in [0.15, 0.2) is 78.5 Å². The van der Waals surface area contributed by atoms with E-state index in [9.17, 15) is 4.79 Å². The van der Waals surface area contributed by atoms with E-state index in [1.807, 2.05) is 59.5 Å². The quantitative estimate of drug-likeness (QED) is 0.451. The molecule has 4 rings (SSSR count). The van der Waals surface area contributed by atoms with E-state index in [0.29, 0.717) is 19.5 Å². The lowest BCUT2D eigenvalue weighted by Crippen LogP contribution is -2.24. The summed E-state index contributed by atoms with van der Waals surface area (Å²) in [6.45, 7) is 5.08. The molecule has 2 aromatic carbocycles. The Hall–Kier alpha value is -2.86. The van der Waals surface area contributed by atoms with Crippen molar-refractivity contribution in [3.8, 4) is 5.69 Å². The number of aromatic nitrogens is 3. The van der Waals surface area contributed by atoms with Gasteiger partial charge in [0.1, 0.15) is 5.82 Å². The molecule has 1 aliphatic rings. The Bertz CT molecular complexity index is 955. The first-order valence-electron chi connectivity index (χ1n) is 9.32. The minimum absolute atomic E-state index is 0.0296. The average Bonchev–Trinajstić information content (AvgIpc) is 3.31. The summed E-state index contributed by atoms with van der Waals surface area (Å²) in [6.07, 6.45) is 2.32. The van der Waals surface area contributed by atoms with Crippen molar-refractivity contribution in [2.24, 2.45) is 0 Å². The van der Waals surface area contributed by atoms with Crippen molar-refractivity contribution >= 4 is 17.7 Å². The van der Waals surface area contributed by atoms with Crippen LogP contribution < -0.4 is 0 Å². The largest absolute Gasteiger partial charge is 0.338 e. The molecule has 1 fully saturated rings. The van der Waals surface area contributed by atoms with Gasteiger partial charge in [0.2, 0.25) is 5.91 Å². The van der Waals surface area contributed by atoms with E-state index < -0.39 is 0 Å². The smallest absolute Gasteiger partial charge is 0.223 e. The van der Waals surface area contributed by atoms with Gasteiger partial charge in [0.05, 0.1) is 0 Å². The Balaban J connectivity index is 1.61. The lowest BCUT2D eigenvalue weighted by molar-refractivity contribution is -0.128. The van der Waals surface area contributed by atoms with Gasteiger partial charge < -0.3 is 4.90 Å². The fourth-order valence-electron chi connectivity index (χ4n) is 3.49. The summed E-state index contributed by atoms with van der Waals surface area (Å²) < 4.78 is 2.08. The topological polar surface area (TPSA) is 51.0 Å². The number of benzene rings is 2. The van der Waals surface area contributed by atoms with Crippen LogP contribution in [0.5, 0.6) is 0 Å². The molecule has 0 radical (unpaired) electrons. The maximum atomic E-state index is 12.6. The molecule has 0 aliphatic carbocycles. The summed E-state index contributed by atoms with van der Waals surface area (Å²) in [6, 6.07) is 20.2. The van der Waals surface area contributed by atoms with Crippen LogP contribution in [0.3, 0.4) is 0 Å². The van der Waals surface area contributed by atoms with E-state index in [2.05, 4.69) is 33.5 Å². The zero-order valence-electron chi connectivity index (χ0n) is 15.6. The molecule has 1 aliphatic heterocycles. The molecular weight excluding hydrogens is 368 g/mol. The van der Waals surface area contributed by atoms with Crippen LogP contribution in [0.4, 0.5) is 0 Å². The molecular formula is C22H22N4OS. The van der Waals surface area contributed by atoms with Crippen molar-refractivity contribution < 1.29 is 4.79 Å². The van der Waals surface area contributed by atoms with Gasteiger partial charge in [0.15, 0.2) is 5.16 Å². The Morgan fingerprint density at radius 2 is 1.79 bits per heavy atom. The standard InChI is InChI=1S/C22H22N4OS/c1-2-13-28-22-24-23-21(26(22)19-11-7-4-8-12-19)18-14-20(27)25(16-18)15-17-9-5-3-6-10-17/h2-12,18H,1,13-16H2. The van der Waals surface area contributed by atoms with Gasteiger partial charge in [-0.3, -0.25) is 9.36 Å². The number of amides is 1. The first kappa shape index (κ1) is 18.5. The van der Waals surface area contributed by atoms with Gasteiger partial charge in [-0.15, -0.1) is 16.8 Å². The Kier molecular flexibility index (Phi) is 5.58. The van der Waals surface area contributed by atoms with Crippen LogP contribution in [0.2, 0.25) is 0 Å². The molecule has 5 nitrogen and oxygen atoms in total. The summed E-state index contributed by atoms with van der Waals surface area (Å²) in [7, 11) is 0. The number of rotatable bonds is 7. The summed E-state index contributed by atoms with van der Waals surface area (Å²) >= 11 is 1.60.